The number of urea groups is 1. The van der Waals surface area contributed by atoms with Crippen LogP contribution < -0.4 is 20.7 Å². The number of nitrogens with one attached hydrogen (secondary N) is 3. The van der Waals surface area contributed by atoms with Gasteiger partial charge in [0, 0.05) is 18.3 Å². The van der Waals surface area contributed by atoms with Crippen molar-refractivity contribution in [2.45, 2.75) is 51.4 Å². The number of rotatable bonds is 6. The summed E-state index contributed by atoms with van der Waals surface area (Å²) in [7, 11) is 1.63. The van der Waals surface area contributed by atoms with Crippen LogP contribution in [0.1, 0.15) is 36.8 Å². The monoisotopic (exact) mass is 436 g/mol. The third-order valence-corrected chi connectivity index (χ3v) is 6.36. The Labute approximate surface area is 189 Å². The van der Waals surface area contributed by atoms with Gasteiger partial charge in [0.2, 0.25) is 5.91 Å². The van der Waals surface area contributed by atoms with Crippen LogP contribution in [0.15, 0.2) is 48.5 Å². The molecule has 0 aromatic heterocycles. The van der Waals surface area contributed by atoms with Gasteiger partial charge >= 0.3 is 6.03 Å². The van der Waals surface area contributed by atoms with Gasteiger partial charge in [-0.05, 0) is 49.6 Å². The third-order valence-electron chi connectivity index (χ3n) is 6.36. The SMILES string of the molecule is COc1ccc(CN(CC2NC(=O)C3CCCCC3N2)C(=O)Nc2ccc(C)cc2)cc1. The number of carbonyl (C=O) groups is 2. The molecule has 1 saturated heterocycles. The normalized spacial score (nSPS) is 22.4. The van der Waals surface area contributed by atoms with Crippen molar-refractivity contribution in [2.24, 2.45) is 5.92 Å². The van der Waals surface area contributed by atoms with Crippen molar-refractivity contribution in [1.29, 1.82) is 0 Å². The Bertz CT molecular complexity index is 929. The lowest BCUT2D eigenvalue weighted by Crippen LogP contribution is -2.65. The minimum absolute atomic E-state index is 0.0384. The van der Waals surface area contributed by atoms with Crippen LogP contribution in [0.3, 0.4) is 0 Å². The zero-order valence-corrected chi connectivity index (χ0v) is 18.8. The Morgan fingerprint density at radius 1 is 1.09 bits per heavy atom. The number of carbonyl (C=O) groups excluding carboxylic acids is 2. The van der Waals surface area contributed by atoms with Gasteiger partial charge < -0.3 is 20.3 Å². The van der Waals surface area contributed by atoms with Crippen LogP contribution in [0.25, 0.3) is 0 Å². The van der Waals surface area contributed by atoms with Crippen molar-refractivity contribution in [2.75, 3.05) is 19.0 Å². The van der Waals surface area contributed by atoms with Crippen molar-refractivity contribution in [3.63, 3.8) is 0 Å². The van der Waals surface area contributed by atoms with Gasteiger partial charge in [0.05, 0.1) is 25.7 Å². The average molecular weight is 437 g/mol. The molecule has 1 aliphatic heterocycles. The highest BCUT2D eigenvalue weighted by Gasteiger charge is 2.38. The summed E-state index contributed by atoms with van der Waals surface area (Å²) >= 11 is 0. The number of ether oxygens (including phenoxy) is 1. The molecule has 0 spiro atoms. The van der Waals surface area contributed by atoms with Crippen LogP contribution >= 0.6 is 0 Å². The molecular weight excluding hydrogens is 404 g/mol. The van der Waals surface area contributed by atoms with E-state index in [0.29, 0.717) is 13.1 Å². The van der Waals surface area contributed by atoms with E-state index in [0.717, 1.165) is 48.2 Å². The number of amides is 3. The number of aryl methyl sites for hydroxylation is 1. The molecule has 170 valence electrons. The van der Waals surface area contributed by atoms with Crippen LogP contribution in [-0.4, -0.2) is 42.7 Å². The van der Waals surface area contributed by atoms with Gasteiger partial charge in [-0.25, -0.2) is 4.79 Å². The second-order valence-electron chi connectivity index (χ2n) is 8.75. The average Bonchev–Trinajstić information content (AvgIpc) is 2.80. The zero-order chi connectivity index (χ0) is 22.5. The lowest BCUT2D eigenvalue weighted by Gasteiger charge is -2.41. The fourth-order valence-electron chi connectivity index (χ4n) is 4.55. The maximum atomic E-state index is 13.2. The topological polar surface area (TPSA) is 82.7 Å². The van der Waals surface area contributed by atoms with Crippen LogP contribution in [0.5, 0.6) is 5.75 Å². The van der Waals surface area contributed by atoms with Gasteiger partial charge in [0.15, 0.2) is 0 Å². The number of hydrogen-bond acceptors (Lipinski definition) is 4. The number of nitrogens with zero attached hydrogens (tertiary/aromatic N) is 1. The molecule has 4 rings (SSSR count). The minimum atomic E-state index is -0.274. The Morgan fingerprint density at radius 2 is 1.81 bits per heavy atom. The summed E-state index contributed by atoms with van der Waals surface area (Å²) in [4.78, 5) is 27.6. The lowest BCUT2D eigenvalue weighted by atomic mass is 9.82. The first-order valence-electron chi connectivity index (χ1n) is 11.3. The molecule has 7 heteroatoms. The number of methoxy groups -OCH3 is 1. The molecule has 32 heavy (non-hydrogen) atoms. The number of hydrogen-bond donors (Lipinski definition) is 3. The summed E-state index contributed by atoms with van der Waals surface area (Å²) in [5.41, 5.74) is 2.87. The first kappa shape index (κ1) is 22.1. The zero-order valence-electron chi connectivity index (χ0n) is 18.8. The molecule has 1 saturated carbocycles. The van der Waals surface area contributed by atoms with Gasteiger partial charge in [-0.2, -0.15) is 0 Å². The summed E-state index contributed by atoms with van der Waals surface area (Å²) in [6, 6.07) is 15.4. The summed E-state index contributed by atoms with van der Waals surface area (Å²) in [6.45, 7) is 2.81. The van der Waals surface area contributed by atoms with Crippen molar-refractivity contribution in [1.82, 2.24) is 15.5 Å². The first-order valence-corrected chi connectivity index (χ1v) is 11.3. The number of fused-ring (bicyclic) bond motifs is 1. The fraction of sp³-hybridized carbons (Fsp3) is 0.440. The van der Waals surface area contributed by atoms with Gasteiger partial charge in [0.1, 0.15) is 5.75 Å². The van der Waals surface area contributed by atoms with Crippen LogP contribution in [0.4, 0.5) is 10.5 Å². The Hall–Kier alpha value is -3.06. The predicted octanol–water partition coefficient (Wildman–Crippen LogP) is 3.64. The van der Waals surface area contributed by atoms with E-state index in [-0.39, 0.29) is 30.1 Å². The molecular formula is C25H32N4O3. The van der Waals surface area contributed by atoms with Crippen LogP contribution in [0.2, 0.25) is 0 Å². The smallest absolute Gasteiger partial charge is 0.322 e. The van der Waals surface area contributed by atoms with Crippen molar-refractivity contribution in [3.8, 4) is 5.75 Å². The summed E-state index contributed by atoms with van der Waals surface area (Å²) < 4.78 is 5.24. The summed E-state index contributed by atoms with van der Waals surface area (Å²) in [6.07, 6.45) is 3.90. The molecule has 3 unspecified atom stereocenters. The van der Waals surface area contributed by atoms with Crippen LogP contribution in [-0.2, 0) is 11.3 Å². The number of benzene rings is 2. The molecule has 0 radical (unpaired) electrons. The van der Waals surface area contributed by atoms with E-state index in [1.54, 1.807) is 12.0 Å². The quantitative estimate of drug-likeness (QED) is 0.646. The van der Waals surface area contributed by atoms with Crippen molar-refractivity contribution < 1.29 is 14.3 Å². The van der Waals surface area contributed by atoms with Crippen molar-refractivity contribution >= 4 is 17.6 Å². The minimum Gasteiger partial charge on any atom is -0.497 e. The molecule has 2 fully saturated rings. The molecule has 1 aliphatic carbocycles. The van der Waals surface area contributed by atoms with Gasteiger partial charge in [-0.15, -0.1) is 0 Å². The van der Waals surface area contributed by atoms with E-state index >= 15 is 0 Å². The highest BCUT2D eigenvalue weighted by molar-refractivity contribution is 5.89. The maximum absolute atomic E-state index is 13.2. The molecule has 7 nitrogen and oxygen atoms in total. The van der Waals surface area contributed by atoms with E-state index < -0.39 is 0 Å². The van der Waals surface area contributed by atoms with Crippen LogP contribution in [0, 0.1) is 12.8 Å². The third kappa shape index (κ3) is 5.40. The lowest BCUT2D eigenvalue weighted by molar-refractivity contribution is -0.131. The largest absolute Gasteiger partial charge is 0.497 e. The molecule has 2 aliphatic rings. The summed E-state index contributed by atoms with van der Waals surface area (Å²) in [5.74, 6) is 0.909. The second-order valence-corrected chi connectivity index (χ2v) is 8.75. The van der Waals surface area contributed by atoms with Gasteiger partial charge in [-0.1, -0.05) is 42.7 Å². The number of anilines is 1. The maximum Gasteiger partial charge on any atom is 0.322 e. The molecule has 3 atom stereocenters. The second kappa shape index (κ2) is 10.0. The molecule has 1 heterocycles. The Balaban J connectivity index is 1.48. The highest BCUT2D eigenvalue weighted by Crippen LogP contribution is 2.27. The van der Waals surface area contributed by atoms with Crippen molar-refractivity contribution in [3.05, 3.63) is 59.7 Å². The standard InChI is InChI=1S/C25H32N4O3/c1-17-7-11-19(12-8-17)26-25(31)29(15-18-9-13-20(32-2)14-10-18)16-23-27-22-6-4-3-5-21(22)24(30)28-23/h7-14,21-23,27H,3-6,15-16H2,1-2H3,(H,26,31)(H,28,30). The van der Waals surface area contributed by atoms with E-state index in [1.807, 2.05) is 55.5 Å². The molecule has 0 bridgehead atoms. The summed E-state index contributed by atoms with van der Waals surface area (Å²) in [5, 5.41) is 9.65. The molecule has 3 N–H and O–H groups in total. The predicted molar refractivity (Wildman–Crippen MR) is 124 cm³/mol. The van der Waals surface area contributed by atoms with Gasteiger partial charge in [-0.3, -0.25) is 10.1 Å². The fourth-order valence-corrected chi connectivity index (χ4v) is 4.55. The van der Waals surface area contributed by atoms with E-state index in [4.69, 9.17) is 4.74 Å². The first-order chi connectivity index (χ1) is 15.5. The Kier molecular flexibility index (Phi) is 6.95. The van der Waals surface area contributed by atoms with Gasteiger partial charge in [0.25, 0.3) is 0 Å². The van der Waals surface area contributed by atoms with E-state index in [2.05, 4.69) is 16.0 Å². The molecule has 3 amide bonds. The van der Waals surface area contributed by atoms with E-state index in [1.165, 1.54) is 0 Å². The highest BCUT2D eigenvalue weighted by atomic mass is 16.5. The Morgan fingerprint density at radius 3 is 2.53 bits per heavy atom. The molecule has 2 aromatic carbocycles. The molecule has 2 aromatic rings. The van der Waals surface area contributed by atoms with E-state index in [9.17, 15) is 9.59 Å².